The zero-order valence-electron chi connectivity index (χ0n) is 13.4. The van der Waals surface area contributed by atoms with Gasteiger partial charge in [0.1, 0.15) is 0 Å². The summed E-state index contributed by atoms with van der Waals surface area (Å²) in [6.45, 7) is 2.19. The van der Waals surface area contributed by atoms with Crippen molar-refractivity contribution in [1.29, 1.82) is 0 Å². The second-order valence-corrected chi connectivity index (χ2v) is 6.34. The summed E-state index contributed by atoms with van der Waals surface area (Å²) in [6.07, 6.45) is 5.22. The summed E-state index contributed by atoms with van der Waals surface area (Å²) in [5.41, 5.74) is 0. The number of carbonyl (C=O) groups is 2. The number of amides is 2. The summed E-state index contributed by atoms with van der Waals surface area (Å²) >= 11 is 0. The number of aromatic nitrogens is 4. The van der Waals surface area contributed by atoms with Gasteiger partial charge in [-0.1, -0.05) is 0 Å². The molecular weight excluding hydrogens is 310 g/mol. The molecule has 1 N–H and O–H groups in total. The fourth-order valence-corrected chi connectivity index (χ4v) is 3.29. The summed E-state index contributed by atoms with van der Waals surface area (Å²) in [5.74, 6) is 0.380. The Morgan fingerprint density at radius 3 is 3.00 bits per heavy atom. The summed E-state index contributed by atoms with van der Waals surface area (Å²) < 4.78 is 1.47. The summed E-state index contributed by atoms with van der Waals surface area (Å²) in [4.78, 5) is 36.5. The molecule has 2 saturated heterocycles. The average molecular weight is 329 g/mol. The van der Waals surface area contributed by atoms with E-state index in [2.05, 4.69) is 25.3 Å². The van der Waals surface area contributed by atoms with Gasteiger partial charge in [0.2, 0.25) is 11.7 Å². The number of rotatable bonds is 3. The van der Waals surface area contributed by atoms with Crippen molar-refractivity contribution in [1.82, 2.24) is 34.7 Å². The molecule has 9 heteroatoms. The molecule has 2 aromatic heterocycles. The molecule has 4 heterocycles. The predicted molar refractivity (Wildman–Crippen MR) is 84.3 cm³/mol. The first kappa shape index (κ1) is 15.0. The van der Waals surface area contributed by atoms with E-state index in [9.17, 15) is 9.59 Å². The Morgan fingerprint density at radius 2 is 2.21 bits per heavy atom. The number of nitrogens with one attached hydrogen (secondary N) is 1. The van der Waals surface area contributed by atoms with Gasteiger partial charge in [-0.25, -0.2) is 9.50 Å². The third-order valence-corrected chi connectivity index (χ3v) is 4.64. The van der Waals surface area contributed by atoms with Crippen molar-refractivity contribution in [2.75, 3.05) is 26.7 Å². The van der Waals surface area contributed by atoms with E-state index in [1.54, 1.807) is 23.4 Å². The van der Waals surface area contributed by atoms with Gasteiger partial charge < -0.3 is 10.2 Å². The number of fused-ring (bicyclic) bond motifs is 1. The van der Waals surface area contributed by atoms with E-state index in [1.807, 2.05) is 7.05 Å². The van der Waals surface area contributed by atoms with Crippen molar-refractivity contribution in [2.24, 2.45) is 0 Å². The van der Waals surface area contributed by atoms with Crippen LogP contribution in [0.5, 0.6) is 0 Å². The molecule has 0 spiro atoms. The zero-order chi connectivity index (χ0) is 16.7. The van der Waals surface area contributed by atoms with Crippen LogP contribution in [0.4, 0.5) is 0 Å². The van der Waals surface area contributed by atoms with Crippen LogP contribution in [0.3, 0.4) is 0 Å². The Balaban J connectivity index is 1.34. The van der Waals surface area contributed by atoms with Gasteiger partial charge in [0.15, 0.2) is 0 Å². The van der Waals surface area contributed by atoms with Crippen molar-refractivity contribution >= 4 is 17.6 Å². The van der Waals surface area contributed by atoms with Gasteiger partial charge in [-0.2, -0.15) is 4.98 Å². The van der Waals surface area contributed by atoms with Crippen LogP contribution in [0.25, 0.3) is 5.78 Å². The second-order valence-electron chi connectivity index (χ2n) is 6.34. The Kier molecular flexibility index (Phi) is 3.64. The van der Waals surface area contributed by atoms with E-state index in [0.717, 1.165) is 19.4 Å². The van der Waals surface area contributed by atoms with Crippen molar-refractivity contribution in [3.05, 3.63) is 24.3 Å². The number of piperidine rings is 1. The molecule has 0 bridgehead atoms. The minimum Gasteiger partial charge on any atom is -0.344 e. The number of hydrogen-bond donors (Lipinski definition) is 1. The van der Waals surface area contributed by atoms with Crippen LogP contribution in [-0.4, -0.2) is 80.0 Å². The van der Waals surface area contributed by atoms with Crippen LogP contribution in [0, 0.1) is 0 Å². The monoisotopic (exact) mass is 329 g/mol. The molecule has 0 aromatic carbocycles. The first-order valence-corrected chi connectivity index (χ1v) is 8.09. The van der Waals surface area contributed by atoms with Gasteiger partial charge >= 0.3 is 0 Å². The smallest absolute Gasteiger partial charge is 0.291 e. The Bertz CT molecular complexity index is 750. The van der Waals surface area contributed by atoms with Gasteiger partial charge in [-0.3, -0.25) is 14.5 Å². The van der Waals surface area contributed by atoms with E-state index in [4.69, 9.17) is 0 Å². The highest BCUT2D eigenvalue weighted by Gasteiger charge is 2.39. The minimum absolute atomic E-state index is 0.0251. The maximum Gasteiger partial charge on any atom is 0.291 e. The standard InChI is InChI=1S/C15H19N7O2/c1-20-6-2-4-11(14(20)24)21-8-10(9-21)17-13(23)12-18-15-16-5-3-7-22(15)19-12/h3,5,7,10-11H,2,4,6,8-9H2,1H3,(H,17,23). The highest BCUT2D eigenvalue weighted by atomic mass is 16.2. The van der Waals surface area contributed by atoms with E-state index in [1.165, 1.54) is 4.52 Å². The van der Waals surface area contributed by atoms with Crippen LogP contribution in [0.15, 0.2) is 18.5 Å². The third kappa shape index (κ3) is 2.60. The molecule has 2 aromatic rings. The van der Waals surface area contributed by atoms with E-state index in [0.29, 0.717) is 18.9 Å². The molecule has 0 radical (unpaired) electrons. The lowest BCUT2D eigenvalue weighted by Gasteiger charge is -2.46. The summed E-state index contributed by atoms with van der Waals surface area (Å²) in [5, 5.41) is 7.03. The average Bonchev–Trinajstić information content (AvgIpc) is 2.97. The van der Waals surface area contributed by atoms with E-state index in [-0.39, 0.29) is 29.7 Å². The molecule has 9 nitrogen and oxygen atoms in total. The molecule has 2 aliphatic heterocycles. The molecular formula is C15H19N7O2. The van der Waals surface area contributed by atoms with Crippen molar-refractivity contribution in [3.63, 3.8) is 0 Å². The molecule has 1 atom stereocenters. The van der Waals surface area contributed by atoms with Gasteiger partial charge in [-0.15, -0.1) is 5.10 Å². The molecule has 0 aliphatic carbocycles. The maximum absolute atomic E-state index is 12.2. The Hall–Kier alpha value is -2.55. The number of nitrogens with zero attached hydrogens (tertiary/aromatic N) is 6. The summed E-state index contributed by atoms with van der Waals surface area (Å²) in [6, 6.07) is 1.71. The third-order valence-electron chi connectivity index (χ3n) is 4.64. The van der Waals surface area contributed by atoms with Gasteiger partial charge in [-0.05, 0) is 18.9 Å². The highest BCUT2D eigenvalue weighted by Crippen LogP contribution is 2.21. The number of likely N-dealkylation sites (tertiary alicyclic amines) is 2. The van der Waals surface area contributed by atoms with E-state index < -0.39 is 0 Å². The topological polar surface area (TPSA) is 95.7 Å². The molecule has 2 amide bonds. The van der Waals surface area contributed by atoms with Crippen molar-refractivity contribution in [2.45, 2.75) is 24.9 Å². The number of hydrogen-bond acceptors (Lipinski definition) is 6. The quantitative estimate of drug-likeness (QED) is 0.789. The molecule has 24 heavy (non-hydrogen) atoms. The molecule has 2 aliphatic rings. The molecule has 0 saturated carbocycles. The summed E-state index contributed by atoms with van der Waals surface area (Å²) in [7, 11) is 1.84. The van der Waals surface area contributed by atoms with Crippen molar-refractivity contribution < 1.29 is 9.59 Å². The fourth-order valence-electron chi connectivity index (χ4n) is 3.29. The molecule has 2 fully saturated rings. The molecule has 1 unspecified atom stereocenters. The minimum atomic E-state index is -0.308. The lowest BCUT2D eigenvalue weighted by atomic mass is 9.98. The Labute approximate surface area is 138 Å². The van der Waals surface area contributed by atoms with Gasteiger partial charge in [0.05, 0.1) is 12.1 Å². The zero-order valence-corrected chi connectivity index (χ0v) is 13.4. The molecule has 126 valence electrons. The molecule has 4 rings (SSSR count). The first-order chi connectivity index (χ1) is 11.6. The van der Waals surface area contributed by atoms with Crippen LogP contribution in [0.2, 0.25) is 0 Å². The maximum atomic E-state index is 12.2. The lowest BCUT2D eigenvalue weighted by molar-refractivity contribution is -0.141. The van der Waals surface area contributed by atoms with Crippen LogP contribution < -0.4 is 5.32 Å². The van der Waals surface area contributed by atoms with Crippen molar-refractivity contribution in [3.8, 4) is 0 Å². The lowest BCUT2D eigenvalue weighted by Crippen LogP contribution is -2.65. The fraction of sp³-hybridized carbons (Fsp3) is 0.533. The first-order valence-electron chi connectivity index (χ1n) is 8.09. The second kappa shape index (κ2) is 5.82. The Morgan fingerprint density at radius 1 is 1.38 bits per heavy atom. The van der Waals surface area contributed by atoms with Gasteiger partial charge in [0, 0.05) is 39.1 Å². The number of carbonyl (C=O) groups excluding carboxylic acids is 2. The van der Waals surface area contributed by atoms with Crippen LogP contribution in [-0.2, 0) is 4.79 Å². The van der Waals surface area contributed by atoms with Crippen LogP contribution in [0.1, 0.15) is 23.5 Å². The number of likely N-dealkylation sites (N-methyl/N-ethyl adjacent to an activating group) is 1. The van der Waals surface area contributed by atoms with Crippen LogP contribution >= 0.6 is 0 Å². The highest BCUT2D eigenvalue weighted by molar-refractivity contribution is 5.91. The predicted octanol–water partition coefficient (Wildman–Crippen LogP) is -0.841. The van der Waals surface area contributed by atoms with Gasteiger partial charge in [0.25, 0.3) is 11.7 Å². The SMILES string of the molecule is CN1CCCC(N2CC(NC(=O)c3nc4ncccn4n3)C2)C1=O. The van der Waals surface area contributed by atoms with E-state index >= 15 is 0 Å². The normalized spacial score (nSPS) is 22.6. The largest absolute Gasteiger partial charge is 0.344 e.